The van der Waals surface area contributed by atoms with Crippen LogP contribution in [-0.4, -0.2) is 78.7 Å². The van der Waals surface area contributed by atoms with Gasteiger partial charge in [-0.25, -0.2) is 13.2 Å². The van der Waals surface area contributed by atoms with E-state index in [1.54, 1.807) is 0 Å². The molecule has 2 N–H and O–H groups in total. The quantitative estimate of drug-likeness (QED) is 0.283. The second-order valence-corrected chi connectivity index (χ2v) is 13.5. The lowest BCUT2D eigenvalue weighted by atomic mass is 9.95. The van der Waals surface area contributed by atoms with E-state index in [2.05, 4.69) is 9.88 Å². The Kier molecular flexibility index (Phi) is 6.90. The number of nitrogens with two attached hydrogens (primary N) is 1. The topological polar surface area (TPSA) is 110 Å². The highest BCUT2D eigenvalue weighted by molar-refractivity contribution is 7.23. The summed E-state index contributed by atoms with van der Waals surface area (Å²) in [6.07, 6.45) is 1.89. The summed E-state index contributed by atoms with van der Waals surface area (Å²) >= 11 is 7.89. The number of aromatic nitrogens is 2. The molecule has 6 heterocycles. The van der Waals surface area contributed by atoms with Gasteiger partial charge in [-0.2, -0.15) is 15.2 Å². The molecule has 4 aliphatic heterocycles. The molecule has 3 fully saturated rings. The van der Waals surface area contributed by atoms with E-state index in [1.807, 2.05) is 11.0 Å². The molecular weight excluding hydrogens is 629 g/mol. The number of rotatable bonds is 5. The van der Waals surface area contributed by atoms with Crippen LogP contribution in [-0.2, 0) is 4.74 Å². The van der Waals surface area contributed by atoms with Crippen LogP contribution < -0.4 is 20.1 Å². The summed E-state index contributed by atoms with van der Waals surface area (Å²) in [5, 5.41) is 10.4. The predicted molar refractivity (Wildman–Crippen MR) is 165 cm³/mol. The van der Waals surface area contributed by atoms with Crippen LogP contribution in [0.4, 0.5) is 24.0 Å². The highest BCUT2D eigenvalue weighted by Crippen LogP contribution is 2.51. The average molecular weight is 657 g/mol. The van der Waals surface area contributed by atoms with Gasteiger partial charge in [-0.3, -0.25) is 4.90 Å². The molecule has 1 unspecified atom stereocenters. The first-order valence-electron chi connectivity index (χ1n) is 14.9. The Balaban J connectivity index is 1.34. The van der Waals surface area contributed by atoms with Crippen LogP contribution in [0.25, 0.3) is 32.1 Å². The van der Waals surface area contributed by atoms with Crippen molar-refractivity contribution in [2.75, 3.05) is 56.7 Å². The van der Waals surface area contributed by atoms with Crippen molar-refractivity contribution in [1.82, 2.24) is 14.9 Å². The van der Waals surface area contributed by atoms with E-state index < -0.39 is 23.3 Å². The van der Waals surface area contributed by atoms with Crippen molar-refractivity contribution in [3.63, 3.8) is 0 Å². The SMILES string of the molecule is N#Cc1c(N)sc2c(F)ccc(-c3c(Cl)c4c5c(nc(OC[C@@]67CCCN6C[C@H](F)C7)nc5c3F)N(C3CCOC3)CCO4)c12. The number of alkyl halides is 1. The Hall–Kier alpha value is -3.57. The normalized spacial score (nSPS) is 24.6. The second-order valence-electron chi connectivity index (χ2n) is 12.1. The van der Waals surface area contributed by atoms with Crippen molar-refractivity contribution in [3.05, 3.63) is 34.4 Å². The molecule has 0 aliphatic carbocycles. The molecule has 45 heavy (non-hydrogen) atoms. The summed E-state index contributed by atoms with van der Waals surface area (Å²) in [5.74, 6) is -0.798. The minimum absolute atomic E-state index is 0.0368. The first-order chi connectivity index (χ1) is 21.8. The maximum absolute atomic E-state index is 17.0. The maximum Gasteiger partial charge on any atom is 0.319 e. The highest BCUT2D eigenvalue weighted by atomic mass is 35.5. The molecule has 0 bridgehead atoms. The molecule has 9 nitrogen and oxygen atoms in total. The fourth-order valence-corrected chi connectivity index (χ4v) is 8.79. The van der Waals surface area contributed by atoms with Gasteiger partial charge in [0.1, 0.15) is 47.6 Å². The van der Waals surface area contributed by atoms with Crippen molar-refractivity contribution in [2.45, 2.75) is 43.4 Å². The molecule has 2 aromatic carbocycles. The van der Waals surface area contributed by atoms with Gasteiger partial charge in [0.25, 0.3) is 0 Å². The van der Waals surface area contributed by atoms with E-state index in [0.29, 0.717) is 38.5 Å². The van der Waals surface area contributed by atoms with Gasteiger partial charge in [-0.1, -0.05) is 17.7 Å². The van der Waals surface area contributed by atoms with E-state index >= 15 is 4.39 Å². The molecule has 14 heteroatoms. The standard InChI is InChI=1S/C31H28ClF3N6O3S/c32-23-21(17-2-3-19(34)27-20(17)18(11-36)28(37)45-27)24(35)25-22-26(23)43-9-7-41(16-4-8-42-13-16)29(22)39-30(38-25)44-14-31-5-1-6-40(31)12-15(33)10-31/h2-3,15-16H,1,4-10,12-14,37H2/t15-,16?,31+/m1/s1. The van der Waals surface area contributed by atoms with Gasteiger partial charge in [0.2, 0.25) is 0 Å². The largest absolute Gasteiger partial charge is 0.489 e. The minimum Gasteiger partial charge on any atom is -0.489 e. The Morgan fingerprint density at radius 1 is 1.22 bits per heavy atom. The number of thiophene rings is 1. The van der Waals surface area contributed by atoms with Crippen molar-refractivity contribution in [2.24, 2.45) is 0 Å². The number of anilines is 2. The minimum atomic E-state index is -0.937. The Morgan fingerprint density at radius 3 is 2.89 bits per heavy atom. The third kappa shape index (κ3) is 4.40. The van der Waals surface area contributed by atoms with Gasteiger partial charge >= 0.3 is 6.01 Å². The molecule has 0 saturated carbocycles. The summed E-state index contributed by atoms with van der Waals surface area (Å²) < 4.78 is 64.6. The van der Waals surface area contributed by atoms with Crippen LogP contribution in [0.1, 0.15) is 31.2 Å². The third-order valence-corrected chi connectivity index (χ3v) is 11.0. The van der Waals surface area contributed by atoms with Gasteiger partial charge in [0.15, 0.2) is 11.6 Å². The van der Waals surface area contributed by atoms with Crippen molar-refractivity contribution < 1.29 is 27.4 Å². The zero-order chi connectivity index (χ0) is 31.0. The van der Waals surface area contributed by atoms with E-state index in [-0.39, 0.29) is 78.7 Å². The second kappa shape index (κ2) is 10.8. The van der Waals surface area contributed by atoms with Gasteiger partial charge < -0.3 is 24.8 Å². The van der Waals surface area contributed by atoms with Crippen LogP contribution in [0.5, 0.6) is 11.8 Å². The number of nitriles is 1. The number of nitrogens with zero attached hydrogens (tertiary/aromatic N) is 5. The first-order valence-corrected chi connectivity index (χ1v) is 16.1. The zero-order valence-electron chi connectivity index (χ0n) is 24.0. The smallest absolute Gasteiger partial charge is 0.319 e. The molecule has 4 aromatic rings. The molecule has 4 aliphatic rings. The summed E-state index contributed by atoms with van der Waals surface area (Å²) in [7, 11) is 0. The zero-order valence-corrected chi connectivity index (χ0v) is 25.6. The molecule has 0 amide bonds. The van der Waals surface area contributed by atoms with Crippen molar-refractivity contribution in [1.29, 1.82) is 5.26 Å². The van der Waals surface area contributed by atoms with Gasteiger partial charge in [0.05, 0.1) is 45.4 Å². The monoisotopic (exact) mass is 656 g/mol. The maximum atomic E-state index is 17.0. The number of halogens is 4. The number of hydrogen-bond donors (Lipinski definition) is 1. The number of benzene rings is 2. The Morgan fingerprint density at radius 2 is 2.09 bits per heavy atom. The van der Waals surface area contributed by atoms with Crippen LogP contribution in [0.3, 0.4) is 0 Å². The van der Waals surface area contributed by atoms with Crippen LogP contribution in [0.2, 0.25) is 5.02 Å². The lowest BCUT2D eigenvalue weighted by Gasteiger charge is -2.31. The Bertz CT molecular complexity index is 1910. The summed E-state index contributed by atoms with van der Waals surface area (Å²) in [5.41, 5.74) is 5.65. The predicted octanol–water partition coefficient (Wildman–Crippen LogP) is 5.84. The number of fused-ring (bicyclic) bond motifs is 2. The fraction of sp³-hybridized carbons (Fsp3) is 0.452. The third-order valence-electron chi connectivity index (χ3n) is 9.57. The molecule has 3 atom stereocenters. The van der Waals surface area contributed by atoms with Gasteiger partial charge in [-0.05, 0) is 37.4 Å². The summed E-state index contributed by atoms with van der Waals surface area (Å²) in [6, 6.07) is 4.52. The number of hydrogen-bond acceptors (Lipinski definition) is 10. The molecule has 0 radical (unpaired) electrons. The lowest BCUT2D eigenvalue weighted by molar-refractivity contribution is 0.107. The van der Waals surface area contributed by atoms with E-state index in [9.17, 15) is 14.0 Å². The average Bonchev–Trinajstić information content (AvgIpc) is 3.78. The number of ether oxygens (including phenoxy) is 3. The lowest BCUT2D eigenvalue weighted by Crippen LogP contribution is -2.43. The van der Waals surface area contributed by atoms with Crippen molar-refractivity contribution >= 4 is 54.7 Å². The Labute approximate surface area is 265 Å². The first kappa shape index (κ1) is 28.9. The van der Waals surface area contributed by atoms with Crippen LogP contribution in [0.15, 0.2) is 12.1 Å². The summed E-state index contributed by atoms with van der Waals surface area (Å²) in [6.45, 7) is 3.00. The van der Waals surface area contributed by atoms with Crippen LogP contribution >= 0.6 is 22.9 Å². The molecule has 3 saturated heterocycles. The van der Waals surface area contributed by atoms with E-state index in [0.717, 1.165) is 37.1 Å². The fourth-order valence-electron chi connectivity index (χ4n) is 7.51. The van der Waals surface area contributed by atoms with Gasteiger partial charge in [0, 0.05) is 30.5 Å². The molecular formula is C31H28ClF3N6O3S. The molecule has 2 aromatic heterocycles. The van der Waals surface area contributed by atoms with Crippen LogP contribution in [0, 0.1) is 23.0 Å². The van der Waals surface area contributed by atoms with Gasteiger partial charge in [-0.15, -0.1) is 11.3 Å². The molecule has 234 valence electrons. The summed E-state index contributed by atoms with van der Waals surface area (Å²) in [4.78, 5) is 13.5. The highest BCUT2D eigenvalue weighted by Gasteiger charge is 2.49. The van der Waals surface area contributed by atoms with E-state index in [4.69, 9.17) is 36.5 Å². The molecule has 8 rings (SSSR count). The number of nitrogen functional groups attached to an aromatic ring is 1. The van der Waals surface area contributed by atoms with Crippen molar-refractivity contribution in [3.8, 4) is 29.0 Å². The van der Waals surface area contributed by atoms with E-state index in [1.165, 1.54) is 12.1 Å². The molecule has 0 spiro atoms.